The molecule has 0 aliphatic heterocycles. The van der Waals surface area contributed by atoms with Crippen molar-refractivity contribution in [2.75, 3.05) is 13.2 Å². The van der Waals surface area contributed by atoms with Crippen molar-refractivity contribution in [3.63, 3.8) is 0 Å². The number of hydrogen-bond donors (Lipinski definition) is 1. The Morgan fingerprint density at radius 2 is 1.50 bits per heavy atom. The molecule has 0 fully saturated rings. The summed E-state index contributed by atoms with van der Waals surface area (Å²) in [6.07, 6.45) is 2.87. The molecule has 0 aromatic heterocycles. The van der Waals surface area contributed by atoms with Gasteiger partial charge in [0.05, 0.1) is 13.2 Å². The van der Waals surface area contributed by atoms with Crippen LogP contribution in [0.3, 0.4) is 0 Å². The van der Waals surface area contributed by atoms with Crippen LogP contribution in [0.2, 0.25) is 0 Å². The standard InChI is InChI=1S/C20H27NO5/c1-6-25-18(23)17(19(24)26-7-2)21-16(22)13-10-14-8-11-15(12-9-14)20(3,4)5/h8-13,17H,6-7H2,1-5H3,(H,21,22)/b13-10+. The van der Waals surface area contributed by atoms with Crippen molar-refractivity contribution in [2.24, 2.45) is 0 Å². The molecule has 0 spiro atoms. The van der Waals surface area contributed by atoms with Gasteiger partial charge in [-0.2, -0.15) is 0 Å². The van der Waals surface area contributed by atoms with Crippen LogP contribution in [0.25, 0.3) is 6.08 Å². The number of amides is 1. The van der Waals surface area contributed by atoms with Crippen LogP contribution in [0.4, 0.5) is 0 Å². The first-order valence-corrected chi connectivity index (χ1v) is 8.61. The molecule has 1 N–H and O–H groups in total. The van der Waals surface area contributed by atoms with Crippen molar-refractivity contribution in [2.45, 2.75) is 46.1 Å². The SMILES string of the molecule is CCOC(=O)C(NC(=O)/C=C/c1ccc(C(C)(C)C)cc1)C(=O)OCC. The summed E-state index contributed by atoms with van der Waals surface area (Å²) < 4.78 is 9.60. The molecule has 0 saturated carbocycles. The van der Waals surface area contributed by atoms with Crippen LogP contribution in [-0.2, 0) is 29.3 Å². The highest BCUT2D eigenvalue weighted by Gasteiger charge is 2.30. The molecule has 0 unspecified atom stereocenters. The highest BCUT2D eigenvalue weighted by Crippen LogP contribution is 2.22. The van der Waals surface area contributed by atoms with Crippen LogP contribution in [0.1, 0.15) is 45.7 Å². The van der Waals surface area contributed by atoms with Crippen molar-refractivity contribution >= 4 is 23.9 Å². The number of carbonyl (C=O) groups excluding carboxylic acids is 3. The van der Waals surface area contributed by atoms with Crippen molar-refractivity contribution in [3.8, 4) is 0 Å². The number of ether oxygens (including phenoxy) is 2. The fourth-order valence-corrected chi connectivity index (χ4v) is 2.12. The molecular formula is C20H27NO5. The normalized spacial score (nSPS) is 11.5. The molecule has 0 aliphatic carbocycles. The van der Waals surface area contributed by atoms with E-state index in [1.165, 1.54) is 11.6 Å². The molecule has 0 heterocycles. The van der Waals surface area contributed by atoms with Gasteiger partial charge in [0.2, 0.25) is 11.9 Å². The predicted molar refractivity (Wildman–Crippen MR) is 99.4 cm³/mol. The van der Waals surface area contributed by atoms with E-state index in [-0.39, 0.29) is 18.6 Å². The van der Waals surface area contributed by atoms with Gasteiger partial charge in [-0.15, -0.1) is 0 Å². The van der Waals surface area contributed by atoms with Gasteiger partial charge in [-0.05, 0) is 36.5 Å². The number of rotatable bonds is 7. The first kappa shape index (κ1) is 21.4. The average molecular weight is 361 g/mol. The summed E-state index contributed by atoms with van der Waals surface area (Å²) >= 11 is 0. The lowest BCUT2D eigenvalue weighted by Gasteiger charge is -2.18. The number of nitrogens with one attached hydrogen (secondary N) is 1. The molecule has 6 heteroatoms. The van der Waals surface area contributed by atoms with E-state index in [9.17, 15) is 14.4 Å². The van der Waals surface area contributed by atoms with Gasteiger partial charge < -0.3 is 14.8 Å². The number of carbonyl (C=O) groups is 3. The fraction of sp³-hybridized carbons (Fsp3) is 0.450. The van der Waals surface area contributed by atoms with E-state index in [1.54, 1.807) is 19.9 Å². The van der Waals surface area contributed by atoms with Crippen molar-refractivity contribution < 1.29 is 23.9 Å². The summed E-state index contributed by atoms with van der Waals surface area (Å²) in [4.78, 5) is 35.7. The monoisotopic (exact) mass is 361 g/mol. The topological polar surface area (TPSA) is 81.7 Å². The van der Waals surface area contributed by atoms with Gasteiger partial charge in [0.25, 0.3) is 0 Å². The van der Waals surface area contributed by atoms with E-state index < -0.39 is 23.9 Å². The van der Waals surface area contributed by atoms with Crippen LogP contribution in [-0.4, -0.2) is 37.1 Å². The van der Waals surface area contributed by atoms with Crippen LogP contribution in [0.5, 0.6) is 0 Å². The lowest BCUT2D eigenvalue weighted by molar-refractivity contribution is -0.159. The van der Waals surface area contributed by atoms with E-state index in [2.05, 4.69) is 26.1 Å². The number of esters is 2. The zero-order valence-electron chi connectivity index (χ0n) is 16.0. The Kier molecular flexibility index (Phi) is 8.03. The Balaban J connectivity index is 2.79. The molecular weight excluding hydrogens is 334 g/mol. The third-order valence-corrected chi connectivity index (χ3v) is 3.54. The maximum Gasteiger partial charge on any atom is 0.340 e. The second-order valence-corrected chi connectivity index (χ2v) is 6.65. The summed E-state index contributed by atoms with van der Waals surface area (Å²) in [5, 5.41) is 2.32. The Labute approximate surface area is 154 Å². The van der Waals surface area contributed by atoms with E-state index in [0.29, 0.717) is 0 Å². The summed E-state index contributed by atoms with van der Waals surface area (Å²) in [5.74, 6) is -2.28. The molecule has 26 heavy (non-hydrogen) atoms. The highest BCUT2D eigenvalue weighted by molar-refractivity contribution is 6.04. The molecule has 0 bridgehead atoms. The molecule has 1 aromatic rings. The minimum absolute atomic E-state index is 0.0477. The van der Waals surface area contributed by atoms with Crippen molar-refractivity contribution in [1.29, 1.82) is 0 Å². The second-order valence-electron chi connectivity index (χ2n) is 6.65. The van der Waals surface area contributed by atoms with Crippen molar-refractivity contribution in [1.82, 2.24) is 5.32 Å². The molecule has 142 valence electrons. The minimum Gasteiger partial charge on any atom is -0.464 e. The molecule has 0 aliphatic rings. The van der Waals surface area contributed by atoms with Crippen molar-refractivity contribution in [3.05, 3.63) is 41.5 Å². The van der Waals surface area contributed by atoms with E-state index in [1.807, 2.05) is 24.3 Å². The summed E-state index contributed by atoms with van der Waals surface area (Å²) in [7, 11) is 0. The van der Waals surface area contributed by atoms with E-state index in [4.69, 9.17) is 9.47 Å². The maximum atomic E-state index is 12.1. The molecule has 0 atom stereocenters. The minimum atomic E-state index is -1.48. The Morgan fingerprint density at radius 3 is 1.92 bits per heavy atom. The number of hydrogen-bond acceptors (Lipinski definition) is 5. The Hall–Kier alpha value is -2.63. The van der Waals surface area contributed by atoms with Gasteiger partial charge in [0, 0.05) is 6.08 Å². The molecule has 6 nitrogen and oxygen atoms in total. The molecule has 1 aromatic carbocycles. The summed E-state index contributed by atoms with van der Waals surface area (Å²) in [6.45, 7) is 9.79. The van der Waals surface area contributed by atoms with Crippen LogP contribution < -0.4 is 5.32 Å². The first-order chi connectivity index (χ1) is 12.2. The number of benzene rings is 1. The maximum absolute atomic E-state index is 12.1. The highest BCUT2D eigenvalue weighted by atomic mass is 16.6. The second kappa shape index (κ2) is 9.75. The van der Waals surface area contributed by atoms with Crippen LogP contribution >= 0.6 is 0 Å². The Bertz CT molecular complexity index is 638. The van der Waals surface area contributed by atoms with Gasteiger partial charge >= 0.3 is 11.9 Å². The van der Waals surface area contributed by atoms with Crippen LogP contribution in [0.15, 0.2) is 30.3 Å². The van der Waals surface area contributed by atoms with Gasteiger partial charge in [-0.25, -0.2) is 9.59 Å². The molecule has 1 rings (SSSR count). The fourth-order valence-electron chi connectivity index (χ4n) is 2.12. The van der Waals surface area contributed by atoms with Gasteiger partial charge in [-0.3, -0.25) is 4.79 Å². The summed E-state index contributed by atoms with van der Waals surface area (Å²) in [5.41, 5.74) is 2.06. The largest absolute Gasteiger partial charge is 0.464 e. The third-order valence-electron chi connectivity index (χ3n) is 3.54. The zero-order valence-corrected chi connectivity index (χ0v) is 16.0. The molecule has 1 amide bonds. The zero-order chi connectivity index (χ0) is 19.7. The smallest absolute Gasteiger partial charge is 0.340 e. The first-order valence-electron chi connectivity index (χ1n) is 8.61. The predicted octanol–water partition coefficient (Wildman–Crippen LogP) is 2.61. The Morgan fingerprint density at radius 1 is 1.00 bits per heavy atom. The van der Waals surface area contributed by atoms with Gasteiger partial charge in [0.1, 0.15) is 0 Å². The molecule has 0 saturated heterocycles. The lowest BCUT2D eigenvalue weighted by Crippen LogP contribution is -2.47. The lowest BCUT2D eigenvalue weighted by atomic mass is 9.87. The van der Waals surface area contributed by atoms with Gasteiger partial charge in [-0.1, -0.05) is 45.0 Å². The van der Waals surface area contributed by atoms with E-state index in [0.717, 1.165) is 5.56 Å². The quantitative estimate of drug-likeness (QED) is 0.459. The van der Waals surface area contributed by atoms with E-state index >= 15 is 0 Å². The van der Waals surface area contributed by atoms with Crippen LogP contribution in [0, 0.1) is 0 Å². The third kappa shape index (κ3) is 6.70. The average Bonchev–Trinajstić information content (AvgIpc) is 2.57. The summed E-state index contributed by atoms with van der Waals surface area (Å²) in [6, 6.07) is 6.32. The molecule has 0 radical (unpaired) electrons. The van der Waals surface area contributed by atoms with Gasteiger partial charge in [0.15, 0.2) is 0 Å².